The van der Waals surface area contributed by atoms with E-state index in [1.807, 2.05) is 24.3 Å². The van der Waals surface area contributed by atoms with E-state index in [0.717, 1.165) is 11.1 Å². The molecule has 4 aliphatic rings. The average molecular weight is 607 g/mol. The van der Waals surface area contributed by atoms with E-state index < -0.39 is 0 Å². The predicted molar refractivity (Wildman–Crippen MR) is 193 cm³/mol. The highest BCUT2D eigenvalue weighted by Crippen LogP contribution is 2.55. The molecule has 0 aliphatic heterocycles. The normalized spacial score (nSPS) is 13.2. The maximum absolute atomic E-state index is 11.6. The summed E-state index contributed by atoms with van der Waals surface area (Å²) in [5.41, 5.74) is 16.4. The fraction of sp³-hybridized carbons (Fsp3) is 0.273. The van der Waals surface area contributed by atoms with Gasteiger partial charge >= 0.3 is 0 Å². The molecule has 0 saturated carbocycles. The SMILES string of the molecule is Cc1cc([C@@H](c2ccccc2O)[C@@H](c2ccccc2O)c2cc(C)c3cc(C(C)C)ccc(C)c2-3)c2c(C)ccc(C(C)C)cc1-2. The van der Waals surface area contributed by atoms with Crippen LogP contribution in [0.5, 0.6) is 11.5 Å². The molecule has 0 bridgehead atoms. The van der Waals surface area contributed by atoms with E-state index in [4.69, 9.17) is 0 Å². The first-order valence-corrected chi connectivity index (χ1v) is 16.6. The second-order valence-corrected chi connectivity index (χ2v) is 13.8. The number of fused-ring (bicyclic) bond motifs is 2. The van der Waals surface area contributed by atoms with Crippen LogP contribution in [-0.4, -0.2) is 10.2 Å². The van der Waals surface area contributed by atoms with Gasteiger partial charge in [-0.05, 0) is 118 Å². The second kappa shape index (κ2) is 12.3. The Hall–Kier alpha value is -4.56. The highest BCUT2D eigenvalue weighted by molar-refractivity contribution is 5.83. The van der Waals surface area contributed by atoms with Crippen molar-refractivity contribution in [1.29, 1.82) is 0 Å². The van der Waals surface area contributed by atoms with Crippen molar-refractivity contribution in [3.8, 4) is 33.8 Å². The lowest BCUT2D eigenvalue weighted by Crippen LogP contribution is -2.16. The molecule has 0 fully saturated rings. The standard InChI is InChI=1S/C44H46O2/c1-25(2)31-19-17-27(5)41-35(23-31)29(7)21-37(41)43(33-13-9-11-15-39(33)45)44(34-14-10-12-16-40(34)46)38-22-30(8)36-24-32(26(3)4)20-18-28(6)42(36)38/h9-26,43-46H,1-8H3/t43-,44+. The molecule has 234 valence electrons. The van der Waals surface area contributed by atoms with Crippen LogP contribution in [-0.2, 0) is 0 Å². The summed E-state index contributed by atoms with van der Waals surface area (Å²) in [5, 5.41) is 23.2. The van der Waals surface area contributed by atoms with E-state index in [1.165, 1.54) is 66.8 Å². The summed E-state index contributed by atoms with van der Waals surface area (Å²) in [5.74, 6) is 0.751. The Balaban J connectivity index is 1.74. The van der Waals surface area contributed by atoms with Gasteiger partial charge < -0.3 is 10.2 Å². The van der Waals surface area contributed by atoms with Crippen LogP contribution in [0.25, 0.3) is 22.3 Å². The molecule has 2 aromatic rings. The molecule has 46 heavy (non-hydrogen) atoms. The molecule has 0 heterocycles. The Bertz CT molecular complexity index is 1830. The van der Waals surface area contributed by atoms with Gasteiger partial charge in [-0.2, -0.15) is 0 Å². The van der Waals surface area contributed by atoms with Crippen molar-refractivity contribution in [2.75, 3.05) is 0 Å². The number of aromatic hydroxyl groups is 2. The number of hydrogen-bond donors (Lipinski definition) is 2. The van der Waals surface area contributed by atoms with Crippen molar-refractivity contribution < 1.29 is 10.2 Å². The quantitative estimate of drug-likeness (QED) is 0.190. The number of phenolic OH excluding ortho intramolecular Hbond substituents is 2. The minimum atomic E-state index is -0.284. The van der Waals surface area contributed by atoms with Crippen LogP contribution in [0.3, 0.4) is 0 Å². The van der Waals surface area contributed by atoms with Crippen LogP contribution < -0.4 is 0 Å². The maximum atomic E-state index is 11.6. The lowest BCUT2D eigenvalue weighted by molar-refractivity contribution is 0.451. The van der Waals surface area contributed by atoms with Gasteiger partial charge in [-0.15, -0.1) is 0 Å². The third-order valence-corrected chi connectivity index (χ3v) is 10.1. The van der Waals surface area contributed by atoms with Gasteiger partial charge in [0.15, 0.2) is 0 Å². The van der Waals surface area contributed by atoms with E-state index in [0.29, 0.717) is 11.8 Å². The molecular weight excluding hydrogens is 560 g/mol. The van der Waals surface area contributed by atoms with E-state index in [9.17, 15) is 10.2 Å². The van der Waals surface area contributed by atoms with Gasteiger partial charge in [0.1, 0.15) is 11.5 Å². The smallest absolute Gasteiger partial charge is 0.119 e. The second-order valence-electron chi connectivity index (χ2n) is 13.8. The average Bonchev–Trinajstić information content (AvgIpc) is 3.35. The van der Waals surface area contributed by atoms with Crippen molar-refractivity contribution in [2.24, 2.45) is 0 Å². The molecule has 2 atom stereocenters. The zero-order valence-electron chi connectivity index (χ0n) is 28.4. The van der Waals surface area contributed by atoms with Gasteiger partial charge in [0.05, 0.1) is 0 Å². The molecular formula is C44H46O2. The zero-order valence-corrected chi connectivity index (χ0v) is 28.4. The maximum Gasteiger partial charge on any atom is 0.119 e. The van der Waals surface area contributed by atoms with Crippen molar-refractivity contribution in [2.45, 2.75) is 79.1 Å². The zero-order chi connectivity index (χ0) is 32.9. The number of rotatable bonds is 7. The summed E-state index contributed by atoms with van der Waals surface area (Å²) >= 11 is 0. The van der Waals surface area contributed by atoms with Crippen LogP contribution in [0.4, 0.5) is 0 Å². The van der Waals surface area contributed by atoms with E-state index in [2.05, 4.69) is 116 Å². The monoisotopic (exact) mass is 606 g/mol. The van der Waals surface area contributed by atoms with Crippen molar-refractivity contribution >= 4 is 0 Å². The third kappa shape index (κ3) is 5.45. The van der Waals surface area contributed by atoms with Gasteiger partial charge in [0.2, 0.25) is 0 Å². The Kier molecular flexibility index (Phi) is 8.42. The molecule has 2 N–H and O–H groups in total. The first kappa shape index (κ1) is 31.4. The Labute approximate surface area is 275 Å². The summed E-state index contributed by atoms with van der Waals surface area (Å²) < 4.78 is 0. The predicted octanol–water partition coefficient (Wildman–Crippen LogP) is 11.8. The Morgan fingerprint density at radius 2 is 0.783 bits per heavy atom. The molecule has 4 aliphatic carbocycles. The molecule has 6 rings (SSSR count). The molecule has 2 nitrogen and oxygen atoms in total. The van der Waals surface area contributed by atoms with Gasteiger partial charge in [0.25, 0.3) is 0 Å². The summed E-state index contributed by atoms with van der Waals surface area (Å²) in [6, 6.07) is 33.9. The Morgan fingerprint density at radius 1 is 0.413 bits per heavy atom. The van der Waals surface area contributed by atoms with Crippen LogP contribution >= 0.6 is 0 Å². The van der Waals surface area contributed by atoms with E-state index in [1.54, 1.807) is 12.1 Å². The summed E-state index contributed by atoms with van der Waals surface area (Å²) in [7, 11) is 0. The van der Waals surface area contributed by atoms with Crippen LogP contribution in [0.15, 0.2) is 97.1 Å². The van der Waals surface area contributed by atoms with Gasteiger partial charge in [-0.25, -0.2) is 0 Å². The molecule has 0 amide bonds. The molecule has 2 heteroatoms. The number of hydrogen-bond acceptors (Lipinski definition) is 2. The van der Waals surface area contributed by atoms with Gasteiger partial charge in [-0.1, -0.05) is 113 Å². The Morgan fingerprint density at radius 3 is 1.13 bits per heavy atom. The number of phenols is 2. The summed E-state index contributed by atoms with van der Waals surface area (Å²) in [6.45, 7) is 17.8. The molecule has 0 aromatic heterocycles. The van der Waals surface area contributed by atoms with E-state index in [-0.39, 0.29) is 23.3 Å². The fourth-order valence-corrected chi connectivity index (χ4v) is 7.53. The van der Waals surface area contributed by atoms with Crippen LogP contribution in [0.2, 0.25) is 0 Å². The first-order valence-electron chi connectivity index (χ1n) is 16.6. The molecule has 2 aromatic carbocycles. The minimum absolute atomic E-state index is 0.262. The molecule has 0 radical (unpaired) electrons. The number of benzene rings is 2. The van der Waals surface area contributed by atoms with Crippen LogP contribution in [0, 0.1) is 27.7 Å². The largest absolute Gasteiger partial charge is 0.508 e. The van der Waals surface area contributed by atoms with Crippen molar-refractivity contribution in [3.05, 3.63) is 153 Å². The first-order chi connectivity index (χ1) is 22.0. The summed E-state index contributed by atoms with van der Waals surface area (Å²) in [4.78, 5) is 0. The highest BCUT2D eigenvalue weighted by atomic mass is 16.3. The van der Waals surface area contributed by atoms with E-state index >= 15 is 0 Å². The van der Waals surface area contributed by atoms with Gasteiger partial charge in [-0.3, -0.25) is 0 Å². The lowest BCUT2D eigenvalue weighted by Gasteiger charge is -2.31. The number of para-hydroxylation sites is 2. The van der Waals surface area contributed by atoms with Crippen molar-refractivity contribution in [3.63, 3.8) is 0 Å². The molecule has 0 unspecified atom stereocenters. The number of aryl methyl sites for hydroxylation is 4. The van der Waals surface area contributed by atoms with Gasteiger partial charge in [0, 0.05) is 23.0 Å². The minimum Gasteiger partial charge on any atom is -0.508 e. The van der Waals surface area contributed by atoms with Crippen molar-refractivity contribution in [1.82, 2.24) is 0 Å². The lowest BCUT2D eigenvalue weighted by atomic mass is 9.71. The molecule has 0 saturated heterocycles. The topological polar surface area (TPSA) is 40.5 Å². The van der Waals surface area contributed by atoms with Crippen LogP contribution in [0.1, 0.15) is 107 Å². The summed E-state index contributed by atoms with van der Waals surface area (Å²) in [6.07, 6.45) is 0. The highest BCUT2D eigenvalue weighted by Gasteiger charge is 2.37. The fourth-order valence-electron chi connectivity index (χ4n) is 7.53. The third-order valence-electron chi connectivity index (χ3n) is 10.1. The molecule has 0 spiro atoms.